The van der Waals surface area contributed by atoms with Crippen LogP contribution >= 0.6 is 11.6 Å². The molecular weight excluding hydrogens is 352 g/mol. The number of nitrogens with zero attached hydrogens (tertiary/aromatic N) is 3. The normalized spacial score (nSPS) is 10.6. The summed E-state index contributed by atoms with van der Waals surface area (Å²) in [5, 5.41) is 0.187. The second-order valence-corrected chi connectivity index (χ2v) is 6.36. The Bertz CT molecular complexity index is 962. The molecule has 7 nitrogen and oxygen atoms in total. The fourth-order valence-electron chi connectivity index (χ4n) is 2.84. The summed E-state index contributed by atoms with van der Waals surface area (Å²) in [5.41, 5.74) is 15.4. The molecule has 3 aromatic rings. The molecule has 8 heteroatoms. The van der Waals surface area contributed by atoms with Crippen LogP contribution in [0, 0.1) is 20.8 Å². The molecule has 0 radical (unpaired) electrons. The van der Waals surface area contributed by atoms with Crippen LogP contribution in [0.25, 0.3) is 5.69 Å². The molecule has 4 N–H and O–H groups in total. The van der Waals surface area contributed by atoms with Crippen LogP contribution in [-0.4, -0.2) is 20.4 Å². The van der Waals surface area contributed by atoms with Crippen LogP contribution in [0.2, 0.25) is 5.15 Å². The first-order valence-corrected chi connectivity index (χ1v) is 8.35. The van der Waals surface area contributed by atoms with Gasteiger partial charge in [0.05, 0.1) is 5.56 Å². The predicted molar refractivity (Wildman–Crippen MR) is 103 cm³/mol. The lowest BCUT2D eigenvalue weighted by atomic mass is 10.2. The SMILES string of the molecule is Cc1cccc(-n2c(C)cc(C(=O)NNc3cc(Cl)nc(N)n3)c2C)c1. The van der Waals surface area contributed by atoms with Crippen molar-refractivity contribution >= 4 is 29.3 Å². The number of hydrogen-bond acceptors (Lipinski definition) is 5. The molecule has 0 aliphatic carbocycles. The van der Waals surface area contributed by atoms with Gasteiger partial charge in [-0.3, -0.25) is 15.6 Å². The van der Waals surface area contributed by atoms with Gasteiger partial charge in [0, 0.05) is 23.1 Å². The van der Waals surface area contributed by atoms with E-state index in [9.17, 15) is 4.79 Å². The minimum absolute atomic E-state index is 0.0203. The number of amides is 1. The average molecular weight is 371 g/mol. The molecule has 26 heavy (non-hydrogen) atoms. The van der Waals surface area contributed by atoms with Gasteiger partial charge >= 0.3 is 0 Å². The lowest BCUT2D eigenvalue weighted by Crippen LogP contribution is -2.30. The lowest BCUT2D eigenvalue weighted by molar-refractivity contribution is 0.0962. The Kier molecular flexibility index (Phi) is 4.81. The van der Waals surface area contributed by atoms with Gasteiger partial charge in [0.15, 0.2) is 5.82 Å². The highest BCUT2D eigenvalue weighted by Gasteiger charge is 2.17. The van der Waals surface area contributed by atoms with Crippen molar-refractivity contribution in [3.05, 3.63) is 64.1 Å². The van der Waals surface area contributed by atoms with E-state index in [1.807, 2.05) is 49.6 Å². The Hall–Kier alpha value is -3.06. The monoisotopic (exact) mass is 370 g/mol. The van der Waals surface area contributed by atoms with Gasteiger partial charge in [-0.25, -0.2) is 4.98 Å². The molecule has 3 rings (SSSR count). The summed E-state index contributed by atoms with van der Waals surface area (Å²) in [5.74, 6) is 0.0422. The fraction of sp³-hybridized carbons (Fsp3) is 0.167. The Balaban J connectivity index is 1.83. The Morgan fingerprint density at radius 1 is 1.15 bits per heavy atom. The van der Waals surface area contributed by atoms with E-state index in [-0.39, 0.29) is 17.0 Å². The summed E-state index contributed by atoms with van der Waals surface area (Å²) >= 11 is 5.83. The third kappa shape index (κ3) is 3.62. The number of anilines is 2. The van der Waals surface area contributed by atoms with Crippen LogP contribution in [0.5, 0.6) is 0 Å². The Morgan fingerprint density at radius 2 is 1.92 bits per heavy atom. The zero-order chi connectivity index (χ0) is 18.8. The van der Waals surface area contributed by atoms with Crippen molar-refractivity contribution in [2.75, 3.05) is 11.2 Å². The number of hydrazine groups is 1. The minimum Gasteiger partial charge on any atom is -0.368 e. The average Bonchev–Trinajstić information content (AvgIpc) is 2.86. The summed E-state index contributed by atoms with van der Waals surface area (Å²) < 4.78 is 2.04. The second-order valence-electron chi connectivity index (χ2n) is 5.97. The van der Waals surface area contributed by atoms with Crippen molar-refractivity contribution in [3.63, 3.8) is 0 Å². The number of aromatic nitrogens is 3. The number of rotatable bonds is 4. The van der Waals surface area contributed by atoms with Gasteiger partial charge < -0.3 is 10.3 Å². The third-order valence-electron chi connectivity index (χ3n) is 3.95. The number of nitrogens with one attached hydrogen (secondary N) is 2. The summed E-state index contributed by atoms with van der Waals surface area (Å²) in [7, 11) is 0. The second kappa shape index (κ2) is 7.05. The van der Waals surface area contributed by atoms with Crippen LogP contribution in [0.4, 0.5) is 11.8 Å². The molecule has 2 aromatic heterocycles. The number of benzene rings is 1. The van der Waals surface area contributed by atoms with Crippen molar-refractivity contribution in [1.29, 1.82) is 0 Å². The zero-order valence-corrected chi connectivity index (χ0v) is 15.4. The van der Waals surface area contributed by atoms with Crippen molar-refractivity contribution in [2.45, 2.75) is 20.8 Å². The topological polar surface area (TPSA) is 97.9 Å². The molecule has 0 aliphatic rings. The van der Waals surface area contributed by atoms with Gasteiger partial charge in [0.1, 0.15) is 5.15 Å². The maximum absolute atomic E-state index is 12.6. The summed E-state index contributed by atoms with van der Waals surface area (Å²) in [6.07, 6.45) is 0. The standard InChI is InChI=1S/C18H19ClN6O/c1-10-5-4-6-13(7-10)25-11(2)8-14(12(25)3)17(26)24-23-16-9-15(19)21-18(20)22-16/h4-9H,1-3H3,(H,24,26)(H3,20,21,22,23). The quantitative estimate of drug-likeness (QED) is 0.484. The van der Waals surface area contributed by atoms with Crippen LogP contribution in [-0.2, 0) is 0 Å². The molecular formula is C18H19ClN6O. The molecule has 0 spiro atoms. The molecule has 0 atom stereocenters. The molecule has 0 saturated heterocycles. The highest BCUT2D eigenvalue weighted by molar-refractivity contribution is 6.29. The zero-order valence-electron chi connectivity index (χ0n) is 14.7. The molecule has 134 valence electrons. The van der Waals surface area contributed by atoms with E-state index in [0.29, 0.717) is 11.4 Å². The van der Waals surface area contributed by atoms with Crippen LogP contribution < -0.4 is 16.6 Å². The number of hydrogen-bond donors (Lipinski definition) is 3. The van der Waals surface area contributed by atoms with E-state index in [2.05, 4.69) is 26.9 Å². The molecule has 1 amide bonds. The van der Waals surface area contributed by atoms with Gasteiger partial charge in [-0.1, -0.05) is 23.7 Å². The molecule has 0 bridgehead atoms. The summed E-state index contributed by atoms with van der Waals surface area (Å²) in [4.78, 5) is 20.3. The van der Waals surface area contributed by atoms with E-state index in [0.717, 1.165) is 22.6 Å². The molecule has 0 fully saturated rings. The largest absolute Gasteiger partial charge is 0.368 e. The number of carbonyl (C=O) groups excluding carboxylic acids is 1. The van der Waals surface area contributed by atoms with Crippen molar-refractivity contribution < 1.29 is 4.79 Å². The predicted octanol–water partition coefficient (Wildman–Crippen LogP) is 3.19. The fourth-order valence-corrected chi connectivity index (χ4v) is 3.03. The molecule has 1 aromatic carbocycles. The maximum atomic E-state index is 12.6. The lowest BCUT2D eigenvalue weighted by Gasteiger charge is -2.11. The minimum atomic E-state index is -0.287. The van der Waals surface area contributed by atoms with Crippen LogP contribution in [0.3, 0.4) is 0 Å². The first-order chi connectivity index (χ1) is 12.3. The number of carbonyl (C=O) groups is 1. The van der Waals surface area contributed by atoms with Gasteiger partial charge in [-0.15, -0.1) is 0 Å². The maximum Gasteiger partial charge on any atom is 0.271 e. The van der Waals surface area contributed by atoms with Crippen molar-refractivity contribution in [1.82, 2.24) is 20.0 Å². The molecule has 0 unspecified atom stereocenters. The van der Waals surface area contributed by atoms with Gasteiger partial charge in [0.2, 0.25) is 5.95 Å². The van der Waals surface area contributed by atoms with Gasteiger partial charge in [-0.05, 0) is 44.5 Å². The van der Waals surface area contributed by atoms with Crippen molar-refractivity contribution in [3.8, 4) is 5.69 Å². The van der Waals surface area contributed by atoms with E-state index >= 15 is 0 Å². The highest BCUT2D eigenvalue weighted by atomic mass is 35.5. The summed E-state index contributed by atoms with van der Waals surface area (Å²) in [6.45, 7) is 5.90. The van der Waals surface area contributed by atoms with Crippen LogP contribution in [0.1, 0.15) is 27.3 Å². The number of nitrogens with two attached hydrogens (primary N) is 1. The van der Waals surface area contributed by atoms with E-state index in [1.54, 1.807) is 0 Å². The summed E-state index contributed by atoms with van der Waals surface area (Å²) in [6, 6.07) is 11.4. The van der Waals surface area contributed by atoms with E-state index < -0.39 is 0 Å². The van der Waals surface area contributed by atoms with Gasteiger partial charge in [0.25, 0.3) is 5.91 Å². The molecule has 0 aliphatic heterocycles. The molecule has 2 heterocycles. The van der Waals surface area contributed by atoms with E-state index in [4.69, 9.17) is 17.3 Å². The smallest absolute Gasteiger partial charge is 0.271 e. The number of nitrogen functional groups attached to an aromatic ring is 1. The highest BCUT2D eigenvalue weighted by Crippen LogP contribution is 2.21. The van der Waals surface area contributed by atoms with Crippen LogP contribution in [0.15, 0.2) is 36.4 Å². The Labute approximate surface area is 156 Å². The number of halogens is 1. The third-order valence-corrected chi connectivity index (χ3v) is 4.15. The van der Waals surface area contributed by atoms with Gasteiger partial charge in [-0.2, -0.15) is 4.98 Å². The first-order valence-electron chi connectivity index (χ1n) is 7.97. The van der Waals surface area contributed by atoms with E-state index in [1.165, 1.54) is 6.07 Å². The van der Waals surface area contributed by atoms with Crippen molar-refractivity contribution in [2.24, 2.45) is 0 Å². The Morgan fingerprint density at radius 3 is 2.62 bits per heavy atom. The number of aryl methyl sites for hydroxylation is 2. The first kappa shape index (κ1) is 17.8. The molecule has 0 saturated carbocycles.